The first-order valence-electron chi connectivity index (χ1n) is 8.85. The molecule has 0 aromatic carbocycles. The Bertz CT molecular complexity index is 1080. The van der Waals surface area contributed by atoms with Gasteiger partial charge in [0.2, 0.25) is 0 Å². The van der Waals surface area contributed by atoms with E-state index in [1.807, 2.05) is 53.9 Å². The van der Waals surface area contributed by atoms with E-state index in [0.29, 0.717) is 17.0 Å². The van der Waals surface area contributed by atoms with Gasteiger partial charge in [0.15, 0.2) is 5.75 Å². The lowest BCUT2D eigenvalue weighted by molar-refractivity contribution is 0.476. The molecule has 144 valence electrons. The van der Waals surface area contributed by atoms with Crippen molar-refractivity contribution in [3.8, 4) is 5.75 Å². The van der Waals surface area contributed by atoms with Crippen molar-refractivity contribution < 1.29 is 5.11 Å². The Morgan fingerprint density at radius 1 is 0.963 bits per heavy atom. The minimum atomic E-state index is 0.227. The van der Waals surface area contributed by atoms with Crippen molar-refractivity contribution >= 4 is 22.4 Å². The van der Waals surface area contributed by atoms with E-state index in [1.54, 1.807) is 22.3 Å². The van der Waals surface area contributed by atoms with Crippen LogP contribution in [0.15, 0.2) is 18.5 Å². The average molecular weight is 369 g/mol. The standard InChI is InChI=1S/C9H11N3O.C8H10N4.C2H6/c1-5-4-12-8(6(2)10-5)9(13)7(3)11-12;1-5-3-7(9)10-6-4-12(2)11-8(5)6;1-2/h4,13H,1-3H3;3-4H,1-2H3,(H2,9,10);1-2H3. The first-order chi connectivity index (χ1) is 12.8. The number of fused-ring (bicyclic) bond motifs is 2. The molecule has 27 heavy (non-hydrogen) atoms. The quantitative estimate of drug-likeness (QED) is 0.493. The van der Waals surface area contributed by atoms with Crippen LogP contribution < -0.4 is 5.73 Å². The topological polar surface area (TPSA) is 107 Å². The fraction of sp³-hybridized carbons (Fsp3) is 0.368. The lowest BCUT2D eigenvalue weighted by atomic mass is 10.2. The van der Waals surface area contributed by atoms with Crippen LogP contribution in [-0.2, 0) is 7.05 Å². The fourth-order valence-electron chi connectivity index (χ4n) is 2.79. The van der Waals surface area contributed by atoms with E-state index < -0.39 is 0 Å². The summed E-state index contributed by atoms with van der Waals surface area (Å²) in [6, 6.07) is 1.83. The molecule has 4 rings (SSSR count). The average Bonchev–Trinajstić information content (AvgIpc) is 3.09. The minimum Gasteiger partial charge on any atom is -0.504 e. The monoisotopic (exact) mass is 369 g/mol. The summed E-state index contributed by atoms with van der Waals surface area (Å²) in [7, 11) is 1.87. The molecular formula is C19H27N7O. The maximum Gasteiger partial charge on any atom is 0.166 e. The number of nitrogens with two attached hydrogens (primary N) is 1. The van der Waals surface area contributed by atoms with Gasteiger partial charge in [-0.05, 0) is 39.3 Å². The summed E-state index contributed by atoms with van der Waals surface area (Å²) >= 11 is 0. The number of pyridine rings is 1. The minimum absolute atomic E-state index is 0.227. The second-order valence-corrected chi connectivity index (χ2v) is 6.10. The maximum atomic E-state index is 9.65. The van der Waals surface area contributed by atoms with Gasteiger partial charge in [-0.3, -0.25) is 9.67 Å². The van der Waals surface area contributed by atoms with Crippen LogP contribution in [-0.4, -0.2) is 34.5 Å². The Morgan fingerprint density at radius 3 is 2.30 bits per heavy atom. The summed E-state index contributed by atoms with van der Waals surface area (Å²) in [6.07, 6.45) is 3.66. The molecule has 0 amide bonds. The van der Waals surface area contributed by atoms with Gasteiger partial charge < -0.3 is 10.8 Å². The van der Waals surface area contributed by atoms with Gasteiger partial charge in [-0.25, -0.2) is 9.50 Å². The normalized spacial score (nSPS) is 10.3. The van der Waals surface area contributed by atoms with Crippen molar-refractivity contribution in [1.82, 2.24) is 29.4 Å². The third kappa shape index (κ3) is 4.16. The van der Waals surface area contributed by atoms with E-state index in [9.17, 15) is 5.11 Å². The van der Waals surface area contributed by atoms with Gasteiger partial charge in [-0.15, -0.1) is 0 Å². The predicted octanol–water partition coefficient (Wildman–Crippen LogP) is 3.25. The lowest BCUT2D eigenvalue weighted by Gasteiger charge is -1.99. The molecule has 0 saturated carbocycles. The molecule has 0 saturated heterocycles. The first kappa shape index (κ1) is 20.2. The molecule has 0 fully saturated rings. The molecular weight excluding hydrogens is 342 g/mol. The van der Waals surface area contributed by atoms with Crippen LogP contribution in [0.4, 0.5) is 5.82 Å². The molecule has 0 spiro atoms. The Morgan fingerprint density at radius 2 is 1.63 bits per heavy atom. The van der Waals surface area contributed by atoms with Crippen molar-refractivity contribution in [2.45, 2.75) is 41.5 Å². The zero-order valence-electron chi connectivity index (χ0n) is 16.9. The Labute approximate surface area is 158 Å². The van der Waals surface area contributed by atoms with Crippen LogP contribution in [0, 0.1) is 27.7 Å². The van der Waals surface area contributed by atoms with E-state index in [1.165, 1.54) is 0 Å². The highest BCUT2D eigenvalue weighted by atomic mass is 16.3. The van der Waals surface area contributed by atoms with Crippen LogP contribution in [0.25, 0.3) is 16.6 Å². The largest absolute Gasteiger partial charge is 0.504 e. The zero-order valence-corrected chi connectivity index (χ0v) is 16.9. The van der Waals surface area contributed by atoms with Gasteiger partial charge in [0, 0.05) is 7.05 Å². The number of hydrogen-bond donors (Lipinski definition) is 2. The molecule has 0 radical (unpaired) electrons. The number of hydrogen-bond acceptors (Lipinski definition) is 6. The Hall–Kier alpha value is -3.16. The fourth-order valence-corrected chi connectivity index (χ4v) is 2.79. The van der Waals surface area contributed by atoms with Gasteiger partial charge in [0.25, 0.3) is 0 Å². The molecule has 4 aromatic rings. The van der Waals surface area contributed by atoms with Crippen molar-refractivity contribution in [1.29, 1.82) is 0 Å². The van der Waals surface area contributed by atoms with Gasteiger partial charge in [0.05, 0.1) is 23.8 Å². The van der Waals surface area contributed by atoms with E-state index >= 15 is 0 Å². The summed E-state index contributed by atoms with van der Waals surface area (Å²) < 4.78 is 3.41. The predicted molar refractivity (Wildman–Crippen MR) is 108 cm³/mol. The van der Waals surface area contributed by atoms with Crippen molar-refractivity contribution in [3.05, 3.63) is 41.1 Å². The van der Waals surface area contributed by atoms with Crippen molar-refractivity contribution in [3.63, 3.8) is 0 Å². The van der Waals surface area contributed by atoms with E-state index in [0.717, 1.165) is 28.0 Å². The molecule has 0 atom stereocenters. The van der Waals surface area contributed by atoms with Gasteiger partial charge in [-0.1, -0.05) is 13.8 Å². The van der Waals surface area contributed by atoms with Gasteiger partial charge in [0.1, 0.15) is 28.1 Å². The van der Waals surface area contributed by atoms with Crippen LogP contribution in [0.5, 0.6) is 5.75 Å². The molecule has 4 heterocycles. The first-order valence-corrected chi connectivity index (χ1v) is 8.85. The molecule has 8 heteroatoms. The van der Waals surface area contributed by atoms with E-state index in [4.69, 9.17) is 5.73 Å². The third-order valence-electron chi connectivity index (χ3n) is 3.85. The van der Waals surface area contributed by atoms with Gasteiger partial charge in [-0.2, -0.15) is 10.2 Å². The molecule has 0 bridgehead atoms. The molecule has 0 aliphatic carbocycles. The number of nitrogens with zero attached hydrogens (tertiary/aromatic N) is 6. The van der Waals surface area contributed by atoms with Crippen molar-refractivity contribution in [2.24, 2.45) is 7.05 Å². The Kier molecular flexibility index (Phi) is 5.99. The molecule has 0 aliphatic heterocycles. The third-order valence-corrected chi connectivity index (χ3v) is 3.85. The van der Waals surface area contributed by atoms with Crippen LogP contribution in [0.2, 0.25) is 0 Å². The molecule has 0 aliphatic rings. The molecule has 8 nitrogen and oxygen atoms in total. The second-order valence-electron chi connectivity index (χ2n) is 6.10. The summed E-state index contributed by atoms with van der Waals surface area (Å²) in [6.45, 7) is 11.5. The number of rotatable bonds is 0. The second kappa shape index (κ2) is 8.03. The number of aromatic nitrogens is 6. The molecule has 0 unspecified atom stereocenters. The van der Waals surface area contributed by atoms with Crippen LogP contribution in [0.3, 0.4) is 0 Å². The highest BCUT2D eigenvalue weighted by molar-refractivity contribution is 5.78. The van der Waals surface area contributed by atoms with E-state index in [2.05, 4.69) is 20.2 Å². The van der Waals surface area contributed by atoms with Crippen LogP contribution >= 0.6 is 0 Å². The summed E-state index contributed by atoms with van der Waals surface area (Å²) in [5.41, 5.74) is 11.5. The highest BCUT2D eigenvalue weighted by Crippen LogP contribution is 2.24. The number of aryl methyl sites for hydroxylation is 5. The number of aromatic hydroxyl groups is 1. The number of anilines is 1. The molecule has 3 N–H and O–H groups in total. The van der Waals surface area contributed by atoms with Crippen molar-refractivity contribution in [2.75, 3.05) is 5.73 Å². The lowest BCUT2D eigenvalue weighted by Crippen LogP contribution is -1.95. The number of nitrogen functional groups attached to an aromatic ring is 1. The summed E-state index contributed by atoms with van der Waals surface area (Å²) in [5, 5.41) is 18.1. The SMILES string of the molecule is CC.Cc1cc(N)nc2cn(C)nc12.Cc1cn2nc(C)c(O)c2c(C)n1. The molecule has 4 aromatic heterocycles. The van der Waals surface area contributed by atoms with E-state index in [-0.39, 0.29) is 5.75 Å². The summed E-state index contributed by atoms with van der Waals surface area (Å²) in [5.74, 6) is 0.776. The maximum absolute atomic E-state index is 9.65. The Balaban J connectivity index is 0.000000178. The van der Waals surface area contributed by atoms with Crippen LogP contribution in [0.1, 0.15) is 36.5 Å². The highest BCUT2D eigenvalue weighted by Gasteiger charge is 2.10. The summed E-state index contributed by atoms with van der Waals surface area (Å²) in [4.78, 5) is 8.41. The smallest absolute Gasteiger partial charge is 0.166 e. The zero-order chi connectivity index (χ0) is 20.3. The van der Waals surface area contributed by atoms with Gasteiger partial charge >= 0.3 is 0 Å².